The standard InChI is InChI=1S/C17H28IN/c1-3-5-6-7-8-9-10-17(19-4-2)15-11-13-16(18)14-12-15/h11-14,17,19H,3-10H2,1-2H3. The van der Waals surface area contributed by atoms with Crippen LogP contribution in [0.3, 0.4) is 0 Å². The van der Waals surface area contributed by atoms with E-state index in [9.17, 15) is 0 Å². The number of hydrogen-bond donors (Lipinski definition) is 1. The van der Waals surface area contributed by atoms with Crippen molar-refractivity contribution in [2.24, 2.45) is 0 Å². The van der Waals surface area contributed by atoms with Gasteiger partial charge in [0.05, 0.1) is 0 Å². The van der Waals surface area contributed by atoms with Gasteiger partial charge in [0.1, 0.15) is 0 Å². The molecule has 1 unspecified atom stereocenters. The van der Waals surface area contributed by atoms with E-state index in [2.05, 4.69) is 66.0 Å². The first-order chi connectivity index (χ1) is 9.27. The predicted molar refractivity (Wildman–Crippen MR) is 93.6 cm³/mol. The Morgan fingerprint density at radius 3 is 2.21 bits per heavy atom. The summed E-state index contributed by atoms with van der Waals surface area (Å²) in [5, 5.41) is 3.62. The molecule has 0 saturated carbocycles. The van der Waals surface area contributed by atoms with Crippen molar-refractivity contribution in [2.75, 3.05) is 6.54 Å². The Morgan fingerprint density at radius 1 is 0.947 bits per heavy atom. The number of halogens is 1. The number of benzene rings is 1. The maximum atomic E-state index is 3.62. The van der Waals surface area contributed by atoms with E-state index in [1.807, 2.05) is 0 Å². The average molecular weight is 373 g/mol. The van der Waals surface area contributed by atoms with Gasteiger partial charge in [-0.1, -0.05) is 64.5 Å². The van der Waals surface area contributed by atoms with Gasteiger partial charge in [0, 0.05) is 9.61 Å². The van der Waals surface area contributed by atoms with Crippen LogP contribution in [0.25, 0.3) is 0 Å². The van der Waals surface area contributed by atoms with Crippen molar-refractivity contribution in [2.45, 2.75) is 64.8 Å². The lowest BCUT2D eigenvalue weighted by atomic mass is 9.99. The third-order valence-corrected chi connectivity index (χ3v) is 4.29. The van der Waals surface area contributed by atoms with Gasteiger partial charge in [0.15, 0.2) is 0 Å². The van der Waals surface area contributed by atoms with Crippen molar-refractivity contribution in [3.63, 3.8) is 0 Å². The van der Waals surface area contributed by atoms with E-state index < -0.39 is 0 Å². The largest absolute Gasteiger partial charge is 0.310 e. The molecular weight excluding hydrogens is 345 g/mol. The molecule has 1 atom stereocenters. The first-order valence-corrected chi connectivity index (χ1v) is 8.84. The lowest BCUT2D eigenvalue weighted by Gasteiger charge is -2.18. The molecule has 0 amide bonds. The van der Waals surface area contributed by atoms with Crippen LogP contribution in [0.1, 0.15) is 70.4 Å². The van der Waals surface area contributed by atoms with Crippen LogP contribution in [0.5, 0.6) is 0 Å². The normalized spacial score (nSPS) is 12.6. The molecule has 0 aliphatic heterocycles. The Morgan fingerprint density at radius 2 is 1.58 bits per heavy atom. The summed E-state index contributed by atoms with van der Waals surface area (Å²) in [7, 11) is 0. The highest BCUT2D eigenvalue weighted by atomic mass is 127. The van der Waals surface area contributed by atoms with Gasteiger partial charge in [-0.2, -0.15) is 0 Å². The molecule has 0 heterocycles. The molecular formula is C17H28IN. The van der Waals surface area contributed by atoms with Crippen molar-refractivity contribution >= 4 is 22.6 Å². The molecule has 1 N–H and O–H groups in total. The Hall–Kier alpha value is -0.0900. The monoisotopic (exact) mass is 373 g/mol. The van der Waals surface area contributed by atoms with Gasteiger partial charge in [0.25, 0.3) is 0 Å². The third kappa shape index (κ3) is 7.31. The highest BCUT2D eigenvalue weighted by Crippen LogP contribution is 2.21. The highest BCUT2D eigenvalue weighted by Gasteiger charge is 2.09. The molecule has 1 rings (SSSR count). The highest BCUT2D eigenvalue weighted by molar-refractivity contribution is 14.1. The lowest BCUT2D eigenvalue weighted by molar-refractivity contribution is 0.477. The van der Waals surface area contributed by atoms with Crippen molar-refractivity contribution < 1.29 is 0 Å². The molecule has 0 spiro atoms. The van der Waals surface area contributed by atoms with Crippen molar-refractivity contribution in [3.05, 3.63) is 33.4 Å². The minimum Gasteiger partial charge on any atom is -0.310 e. The molecule has 0 radical (unpaired) electrons. The summed E-state index contributed by atoms with van der Waals surface area (Å²) in [5.41, 5.74) is 1.44. The second kappa shape index (κ2) is 10.7. The summed E-state index contributed by atoms with van der Waals surface area (Å²) in [6.07, 6.45) is 9.53. The van der Waals surface area contributed by atoms with E-state index in [0.717, 1.165) is 6.54 Å². The number of nitrogens with one attached hydrogen (secondary N) is 1. The predicted octanol–water partition coefficient (Wildman–Crippen LogP) is 5.69. The van der Waals surface area contributed by atoms with E-state index >= 15 is 0 Å². The van der Waals surface area contributed by atoms with Gasteiger partial charge in [0.2, 0.25) is 0 Å². The summed E-state index contributed by atoms with van der Waals surface area (Å²) < 4.78 is 1.32. The van der Waals surface area contributed by atoms with Crippen LogP contribution in [-0.4, -0.2) is 6.54 Å². The Balaban J connectivity index is 2.34. The fourth-order valence-electron chi connectivity index (χ4n) is 2.46. The molecule has 1 nitrogen and oxygen atoms in total. The van der Waals surface area contributed by atoms with E-state index in [0.29, 0.717) is 6.04 Å². The number of hydrogen-bond acceptors (Lipinski definition) is 1. The van der Waals surface area contributed by atoms with Crippen LogP contribution in [0.2, 0.25) is 0 Å². The van der Waals surface area contributed by atoms with Crippen LogP contribution >= 0.6 is 22.6 Å². The quantitative estimate of drug-likeness (QED) is 0.410. The minimum absolute atomic E-state index is 0.535. The van der Waals surface area contributed by atoms with E-state index in [4.69, 9.17) is 0 Å². The third-order valence-electron chi connectivity index (χ3n) is 3.57. The minimum atomic E-state index is 0.535. The smallest absolute Gasteiger partial charge is 0.0320 e. The summed E-state index contributed by atoms with van der Waals surface area (Å²) in [4.78, 5) is 0. The second-order valence-corrected chi connectivity index (χ2v) is 6.46. The van der Waals surface area contributed by atoms with Crippen LogP contribution in [0.15, 0.2) is 24.3 Å². The Kier molecular flexibility index (Phi) is 9.52. The van der Waals surface area contributed by atoms with Gasteiger partial charge in [-0.15, -0.1) is 0 Å². The summed E-state index contributed by atoms with van der Waals surface area (Å²) in [6.45, 7) is 5.52. The molecule has 0 aliphatic rings. The molecule has 0 fully saturated rings. The first kappa shape index (κ1) is 17.0. The van der Waals surface area contributed by atoms with E-state index in [-0.39, 0.29) is 0 Å². The van der Waals surface area contributed by atoms with Crippen molar-refractivity contribution in [3.8, 4) is 0 Å². The van der Waals surface area contributed by atoms with E-state index in [1.54, 1.807) is 0 Å². The van der Waals surface area contributed by atoms with E-state index in [1.165, 1.54) is 54.1 Å². The van der Waals surface area contributed by atoms with Crippen molar-refractivity contribution in [1.29, 1.82) is 0 Å². The molecule has 0 aromatic heterocycles. The summed E-state index contributed by atoms with van der Waals surface area (Å²) in [5.74, 6) is 0. The van der Waals surface area contributed by atoms with Crippen LogP contribution in [-0.2, 0) is 0 Å². The lowest BCUT2D eigenvalue weighted by Crippen LogP contribution is -2.20. The van der Waals surface area contributed by atoms with Crippen LogP contribution in [0, 0.1) is 3.57 Å². The summed E-state index contributed by atoms with van der Waals surface area (Å²) in [6, 6.07) is 9.49. The summed E-state index contributed by atoms with van der Waals surface area (Å²) >= 11 is 2.37. The van der Waals surface area contributed by atoms with Gasteiger partial charge in [-0.3, -0.25) is 0 Å². The molecule has 2 heteroatoms. The zero-order valence-corrected chi connectivity index (χ0v) is 14.6. The van der Waals surface area contributed by atoms with Crippen molar-refractivity contribution in [1.82, 2.24) is 5.32 Å². The topological polar surface area (TPSA) is 12.0 Å². The average Bonchev–Trinajstić information content (AvgIpc) is 2.42. The number of rotatable bonds is 10. The maximum absolute atomic E-state index is 3.62. The van der Waals surface area contributed by atoms with Crippen LogP contribution in [0.4, 0.5) is 0 Å². The second-order valence-electron chi connectivity index (χ2n) is 5.22. The van der Waals surface area contributed by atoms with Gasteiger partial charge in [-0.25, -0.2) is 0 Å². The Labute approximate surface area is 132 Å². The maximum Gasteiger partial charge on any atom is 0.0320 e. The van der Waals surface area contributed by atoms with Crippen LogP contribution < -0.4 is 5.32 Å². The Bertz CT molecular complexity index is 321. The molecule has 0 aliphatic carbocycles. The fourth-order valence-corrected chi connectivity index (χ4v) is 2.82. The molecule has 19 heavy (non-hydrogen) atoms. The van der Waals surface area contributed by atoms with Gasteiger partial charge >= 0.3 is 0 Å². The SMILES string of the molecule is CCCCCCCCC(NCC)c1ccc(I)cc1. The molecule has 108 valence electrons. The molecule has 0 saturated heterocycles. The first-order valence-electron chi connectivity index (χ1n) is 7.76. The number of unbranched alkanes of at least 4 members (excludes halogenated alkanes) is 5. The molecule has 1 aromatic rings. The van der Waals surface area contributed by atoms with Gasteiger partial charge in [-0.05, 0) is 53.3 Å². The fraction of sp³-hybridized carbons (Fsp3) is 0.647. The molecule has 1 aromatic carbocycles. The molecule has 0 bridgehead atoms. The van der Waals surface area contributed by atoms with Gasteiger partial charge < -0.3 is 5.32 Å². The zero-order valence-electron chi connectivity index (χ0n) is 12.4. The zero-order chi connectivity index (χ0) is 13.9.